The summed E-state index contributed by atoms with van der Waals surface area (Å²) >= 11 is 9.33. The van der Waals surface area contributed by atoms with Crippen LogP contribution in [0.4, 0.5) is 0 Å². The highest BCUT2D eigenvalue weighted by atomic mass is 79.9. The lowest BCUT2D eigenvalue weighted by Crippen LogP contribution is -2.46. The highest BCUT2D eigenvalue weighted by Gasteiger charge is 2.25. The topological polar surface area (TPSA) is 122 Å². The number of nitrogens with zero attached hydrogens (tertiary/aromatic N) is 2. The molecule has 2 heterocycles. The zero-order chi connectivity index (χ0) is 29.3. The summed E-state index contributed by atoms with van der Waals surface area (Å²) in [6, 6.07) is 2.97. The molecular weight excluding hydrogens is 598 g/mol. The second kappa shape index (κ2) is 19.3. The van der Waals surface area contributed by atoms with E-state index in [1.165, 1.54) is 68.7 Å². The molecule has 0 unspecified atom stereocenters. The summed E-state index contributed by atoms with van der Waals surface area (Å²) in [7, 11) is 0. The molecule has 0 saturated carbocycles. The summed E-state index contributed by atoms with van der Waals surface area (Å²) in [5.41, 5.74) is 0.212. The Morgan fingerprint density at radius 1 is 1.07 bits per heavy atom. The molecule has 0 bridgehead atoms. The molecule has 3 rings (SSSR count). The number of carboxylic acids is 1. The van der Waals surface area contributed by atoms with Gasteiger partial charge >= 0.3 is 5.97 Å². The van der Waals surface area contributed by atoms with Crippen molar-refractivity contribution in [1.82, 2.24) is 14.9 Å². The maximum Gasteiger partial charge on any atom is 0.303 e. The molecule has 2 atom stereocenters. The number of ketones is 1. The van der Waals surface area contributed by atoms with Gasteiger partial charge < -0.3 is 15.5 Å². The van der Waals surface area contributed by atoms with Crippen LogP contribution in [0.5, 0.6) is 0 Å². The summed E-state index contributed by atoms with van der Waals surface area (Å²) in [5, 5.41) is 22.3. The Morgan fingerprint density at radius 3 is 2.30 bits per heavy atom. The summed E-state index contributed by atoms with van der Waals surface area (Å²) in [5.74, 6) is -0.782. The lowest BCUT2D eigenvalue weighted by atomic mass is 9.97. The van der Waals surface area contributed by atoms with Crippen LogP contribution < -0.4 is 10.9 Å². The number of halogens is 2. The van der Waals surface area contributed by atoms with Crippen LogP contribution in [0.25, 0.3) is 10.9 Å². The third-order valence-corrected chi connectivity index (χ3v) is 8.40. The van der Waals surface area contributed by atoms with Crippen LogP contribution in [0.3, 0.4) is 0 Å². The number of aromatic nitrogens is 2. The molecule has 1 saturated heterocycles. The van der Waals surface area contributed by atoms with Gasteiger partial charge in [0.1, 0.15) is 0 Å². The Bertz CT molecular complexity index is 1130. The van der Waals surface area contributed by atoms with Gasteiger partial charge in [0.2, 0.25) is 0 Å². The van der Waals surface area contributed by atoms with E-state index < -0.39 is 12.1 Å². The first-order valence-corrected chi connectivity index (χ1v) is 15.9. The maximum atomic E-state index is 12.5. The number of hydrogen-bond donors (Lipinski definition) is 3. The zero-order valence-corrected chi connectivity index (χ0v) is 26.0. The monoisotopic (exact) mass is 641 g/mol. The number of benzene rings is 1. The highest BCUT2D eigenvalue weighted by molar-refractivity contribution is 9.10. The van der Waals surface area contributed by atoms with Crippen molar-refractivity contribution in [3.05, 3.63) is 38.3 Å². The van der Waals surface area contributed by atoms with Crippen LogP contribution in [0.2, 0.25) is 5.02 Å². The Balaban J connectivity index is 0.000000307. The van der Waals surface area contributed by atoms with Gasteiger partial charge in [-0.2, -0.15) is 0 Å². The summed E-state index contributed by atoms with van der Waals surface area (Å²) in [6.07, 6.45) is 17.0. The number of aliphatic carboxylic acids is 1. The lowest BCUT2D eigenvalue weighted by Gasteiger charge is -2.28. The van der Waals surface area contributed by atoms with E-state index >= 15 is 0 Å². The number of piperidine rings is 1. The number of carbonyl (C=O) groups excluding carboxylic acids is 1. The molecule has 0 aliphatic carbocycles. The van der Waals surface area contributed by atoms with Crippen LogP contribution in [0, 0.1) is 0 Å². The van der Waals surface area contributed by atoms with E-state index in [-0.39, 0.29) is 30.3 Å². The molecule has 8 nitrogen and oxygen atoms in total. The van der Waals surface area contributed by atoms with E-state index in [1.54, 1.807) is 12.1 Å². The Kier molecular flexibility index (Phi) is 16.6. The fraction of sp³-hybridized carbons (Fsp3) is 0.667. The van der Waals surface area contributed by atoms with Gasteiger partial charge in [-0.05, 0) is 53.9 Å². The van der Waals surface area contributed by atoms with Crippen LogP contribution in [-0.4, -0.2) is 50.2 Å². The Labute approximate surface area is 251 Å². The molecular formula is C30H45BrClN3O5. The van der Waals surface area contributed by atoms with Crippen molar-refractivity contribution in [2.45, 2.75) is 122 Å². The number of nitrogens with one attached hydrogen (secondary N) is 1. The molecule has 1 fully saturated rings. The lowest BCUT2D eigenvalue weighted by molar-refractivity contribution is -0.137. The van der Waals surface area contributed by atoms with Gasteiger partial charge in [-0.1, -0.05) is 82.7 Å². The van der Waals surface area contributed by atoms with Gasteiger partial charge in [0.05, 0.1) is 34.9 Å². The second-order valence-corrected chi connectivity index (χ2v) is 11.9. The molecule has 224 valence electrons. The van der Waals surface area contributed by atoms with Crippen molar-refractivity contribution in [1.29, 1.82) is 0 Å². The van der Waals surface area contributed by atoms with Gasteiger partial charge in [0.15, 0.2) is 5.78 Å². The van der Waals surface area contributed by atoms with E-state index in [0.29, 0.717) is 33.2 Å². The number of aliphatic hydroxyl groups excluding tert-OH is 1. The minimum atomic E-state index is -0.657. The van der Waals surface area contributed by atoms with E-state index in [2.05, 4.69) is 33.2 Å². The average Bonchev–Trinajstić information content (AvgIpc) is 2.92. The molecule has 0 radical (unpaired) electrons. The molecule has 0 spiro atoms. The third kappa shape index (κ3) is 12.8. The van der Waals surface area contributed by atoms with Crippen LogP contribution in [0.1, 0.15) is 103 Å². The van der Waals surface area contributed by atoms with Crippen molar-refractivity contribution < 1.29 is 19.8 Å². The number of hydrogen-bond acceptors (Lipinski definition) is 6. The van der Waals surface area contributed by atoms with Crippen LogP contribution in [-0.2, 0) is 16.1 Å². The van der Waals surface area contributed by atoms with Crippen molar-refractivity contribution >= 4 is 50.2 Å². The van der Waals surface area contributed by atoms with E-state index in [0.717, 1.165) is 25.8 Å². The fourth-order valence-corrected chi connectivity index (χ4v) is 5.35. The molecule has 40 heavy (non-hydrogen) atoms. The average molecular weight is 643 g/mol. The molecule has 1 aromatic carbocycles. The third-order valence-electron chi connectivity index (χ3n) is 7.20. The van der Waals surface area contributed by atoms with E-state index in [1.807, 2.05) is 0 Å². The zero-order valence-electron chi connectivity index (χ0n) is 23.7. The van der Waals surface area contributed by atoms with Gasteiger partial charge in [-0.25, -0.2) is 4.98 Å². The molecule has 1 aromatic heterocycles. The number of rotatable bonds is 16. The summed E-state index contributed by atoms with van der Waals surface area (Å²) < 4.78 is 1.94. The van der Waals surface area contributed by atoms with Gasteiger partial charge in [-0.3, -0.25) is 19.0 Å². The number of fused-ring (bicyclic) bond motifs is 1. The second-order valence-electron chi connectivity index (χ2n) is 10.7. The summed E-state index contributed by atoms with van der Waals surface area (Å²) in [4.78, 5) is 39.3. The summed E-state index contributed by atoms with van der Waals surface area (Å²) in [6.45, 7) is 2.97. The van der Waals surface area contributed by atoms with Crippen molar-refractivity contribution in [3.63, 3.8) is 0 Å². The van der Waals surface area contributed by atoms with Crippen molar-refractivity contribution in [3.8, 4) is 0 Å². The SMILES string of the molecule is CCCCCCCCCCCCCC(=O)O.O=C(C[C@H]1NCCC[C@@H]1O)Cn1cnc2cc(Br)c(Cl)cc2c1=O. The number of aliphatic hydroxyl groups is 1. The number of carboxylic acid groups (broad SMARTS) is 1. The van der Waals surface area contributed by atoms with Crippen LogP contribution >= 0.6 is 27.5 Å². The van der Waals surface area contributed by atoms with Crippen LogP contribution in [0.15, 0.2) is 27.7 Å². The maximum absolute atomic E-state index is 12.5. The first kappa shape index (κ1) is 34.4. The smallest absolute Gasteiger partial charge is 0.303 e. The Morgan fingerprint density at radius 2 is 1.70 bits per heavy atom. The molecule has 0 amide bonds. The normalized spacial score (nSPS) is 16.9. The highest BCUT2D eigenvalue weighted by Crippen LogP contribution is 2.25. The number of Topliss-reactive ketones (excluding diaryl/α,β-unsaturated/α-hetero) is 1. The minimum Gasteiger partial charge on any atom is -0.481 e. The van der Waals surface area contributed by atoms with E-state index in [4.69, 9.17) is 16.7 Å². The molecule has 1 aliphatic heterocycles. The fourth-order valence-electron chi connectivity index (χ4n) is 4.85. The van der Waals surface area contributed by atoms with E-state index in [9.17, 15) is 19.5 Å². The first-order valence-electron chi connectivity index (χ1n) is 14.7. The van der Waals surface area contributed by atoms with Crippen molar-refractivity contribution in [2.24, 2.45) is 0 Å². The molecule has 2 aromatic rings. The predicted octanol–water partition coefficient (Wildman–Crippen LogP) is 6.66. The van der Waals surface area contributed by atoms with Gasteiger partial charge in [0, 0.05) is 23.4 Å². The first-order chi connectivity index (χ1) is 19.2. The minimum absolute atomic E-state index is 0.0691. The predicted molar refractivity (Wildman–Crippen MR) is 164 cm³/mol. The van der Waals surface area contributed by atoms with Crippen molar-refractivity contribution in [2.75, 3.05) is 6.54 Å². The Hall–Kier alpha value is -1.81. The van der Waals surface area contributed by atoms with Gasteiger partial charge in [0.25, 0.3) is 5.56 Å². The molecule has 1 aliphatic rings. The molecule has 3 N–H and O–H groups in total. The standard InChI is InChI=1S/C16H17BrClN3O3.C14H28O2/c17-11-6-13-10(5-12(11)18)16(24)21(8-20-13)7-9(22)4-14-15(23)2-1-3-19-14;1-2-3-4-5-6-7-8-9-10-11-12-13-14(15)16/h5-6,8,14-15,19,23H,1-4,7H2;2-13H2,1H3,(H,15,16)/t14-,15+;/m1./s1. The number of carbonyl (C=O) groups is 2. The quantitative estimate of drug-likeness (QED) is 0.175. The largest absolute Gasteiger partial charge is 0.481 e. The van der Waals surface area contributed by atoms with Gasteiger partial charge in [-0.15, -0.1) is 0 Å². The number of unbranched alkanes of at least 4 members (excludes halogenated alkanes) is 10. The molecule has 10 heteroatoms.